The van der Waals surface area contributed by atoms with E-state index in [4.69, 9.17) is 21.4 Å². The Balaban J connectivity index is 2.07. The van der Waals surface area contributed by atoms with Crippen LogP contribution in [-0.4, -0.2) is 16.1 Å². The predicted molar refractivity (Wildman–Crippen MR) is 66.9 cm³/mol. The summed E-state index contributed by atoms with van der Waals surface area (Å²) in [5.74, 6) is -1.25. The summed E-state index contributed by atoms with van der Waals surface area (Å²) in [6, 6.07) is 8.57. The summed E-state index contributed by atoms with van der Waals surface area (Å²) in [5.41, 5.74) is 0.401. The Morgan fingerprint density at radius 3 is 2.84 bits per heavy atom. The molecule has 0 unspecified atom stereocenters. The third-order valence-corrected chi connectivity index (χ3v) is 2.59. The maximum atomic E-state index is 12.9. The molecule has 2 aromatic rings. The van der Waals surface area contributed by atoms with Gasteiger partial charge in [0.05, 0.1) is 10.7 Å². The minimum Gasteiger partial charge on any atom is -0.487 e. The normalized spacial score (nSPS) is 10.2. The number of pyridine rings is 1. The summed E-state index contributed by atoms with van der Waals surface area (Å²) in [6.45, 7) is 0.0725. The van der Waals surface area contributed by atoms with Crippen molar-refractivity contribution < 1.29 is 19.0 Å². The molecule has 6 heteroatoms. The van der Waals surface area contributed by atoms with Gasteiger partial charge >= 0.3 is 5.97 Å². The lowest BCUT2D eigenvalue weighted by atomic mass is 10.3. The molecule has 0 saturated heterocycles. The Hall–Kier alpha value is -2.14. The van der Waals surface area contributed by atoms with Crippen LogP contribution in [0, 0.1) is 5.82 Å². The monoisotopic (exact) mass is 281 g/mol. The molecule has 0 amide bonds. The number of aromatic carboxylic acids is 1. The molecule has 1 aromatic heterocycles. The molecule has 1 heterocycles. The molecule has 0 bridgehead atoms. The van der Waals surface area contributed by atoms with E-state index in [1.54, 1.807) is 12.1 Å². The highest BCUT2D eigenvalue weighted by Crippen LogP contribution is 2.21. The van der Waals surface area contributed by atoms with Crippen molar-refractivity contribution in [2.75, 3.05) is 0 Å². The highest BCUT2D eigenvalue weighted by molar-refractivity contribution is 6.30. The van der Waals surface area contributed by atoms with E-state index in [2.05, 4.69) is 4.98 Å². The van der Waals surface area contributed by atoms with E-state index in [9.17, 15) is 9.18 Å². The zero-order chi connectivity index (χ0) is 13.8. The summed E-state index contributed by atoms with van der Waals surface area (Å²) >= 11 is 5.61. The van der Waals surface area contributed by atoms with Gasteiger partial charge in [0.25, 0.3) is 0 Å². The summed E-state index contributed by atoms with van der Waals surface area (Å²) < 4.78 is 18.3. The summed E-state index contributed by atoms with van der Waals surface area (Å²) in [4.78, 5) is 14.6. The number of rotatable bonds is 4. The van der Waals surface area contributed by atoms with Gasteiger partial charge in [-0.25, -0.2) is 14.2 Å². The number of halogens is 2. The first-order chi connectivity index (χ1) is 9.06. The Morgan fingerprint density at radius 2 is 2.16 bits per heavy atom. The summed E-state index contributed by atoms with van der Waals surface area (Å²) in [5, 5.41) is 8.76. The molecule has 0 aliphatic rings. The molecule has 98 valence electrons. The number of hydrogen-bond donors (Lipinski definition) is 1. The average Bonchev–Trinajstić information content (AvgIpc) is 2.40. The fourth-order valence-electron chi connectivity index (χ4n) is 1.40. The van der Waals surface area contributed by atoms with E-state index in [0.717, 1.165) is 0 Å². The van der Waals surface area contributed by atoms with Crippen LogP contribution < -0.4 is 4.74 Å². The highest BCUT2D eigenvalue weighted by Gasteiger charge is 2.06. The van der Waals surface area contributed by atoms with E-state index < -0.39 is 11.8 Å². The van der Waals surface area contributed by atoms with Crippen molar-refractivity contribution in [3.8, 4) is 5.75 Å². The maximum absolute atomic E-state index is 12.9. The van der Waals surface area contributed by atoms with Crippen molar-refractivity contribution in [1.82, 2.24) is 4.98 Å². The van der Waals surface area contributed by atoms with Crippen LogP contribution in [-0.2, 0) is 6.61 Å². The zero-order valence-corrected chi connectivity index (χ0v) is 10.4. The Morgan fingerprint density at radius 1 is 1.37 bits per heavy atom. The molecule has 0 fully saturated rings. The Kier molecular flexibility index (Phi) is 3.97. The van der Waals surface area contributed by atoms with Crippen LogP contribution in [0.2, 0.25) is 5.02 Å². The molecule has 0 radical (unpaired) electrons. The average molecular weight is 282 g/mol. The molecule has 0 atom stereocenters. The third kappa shape index (κ3) is 3.42. The molecule has 19 heavy (non-hydrogen) atoms. The van der Waals surface area contributed by atoms with Gasteiger partial charge in [-0.2, -0.15) is 0 Å². The fourth-order valence-corrected chi connectivity index (χ4v) is 1.57. The topological polar surface area (TPSA) is 59.4 Å². The smallest absolute Gasteiger partial charge is 0.354 e. The van der Waals surface area contributed by atoms with Gasteiger partial charge in [0, 0.05) is 6.07 Å². The van der Waals surface area contributed by atoms with Gasteiger partial charge in [0.1, 0.15) is 23.9 Å². The molecule has 2 rings (SSSR count). The number of nitrogens with zero attached hydrogens (tertiary/aromatic N) is 1. The molecule has 0 aliphatic heterocycles. The van der Waals surface area contributed by atoms with Crippen LogP contribution in [0.3, 0.4) is 0 Å². The fraction of sp³-hybridized carbons (Fsp3) is 0.0769. The molecule has 0 spiro atoms. The molecular weight excluding hydrogens is 273 g/mol. The quantitative estimate of drug-likeness (QED) is 0.935. The number of benzene rings is 1. The van der Waals surface area contributed by atoms with E-state index in [0.29, 0.717) is 11.4 Å². The zero-order valence-electron chi connectivity index (χ0n) is 9.64. The number of carboxylic acids is 1. The minimum absolute atomic E-state index is 0.0373. The number of aromatic nitrogens is 1. The lowest BCUT2D eigenvalue weighted by Crippen LogP contribution is -2.05. The van der Waals surface area contributed by atoms with Crippen LogP contribution in [0.5, 0.6) is 5.75 Å². The summed E-state index contributed by atoms with van der Waals surface area (Å²) in [6.07, 6.45) is 0. The molecular formula is C13H9ClFNO3. The van der Waals surface area contributed by atoms with Crippen LogP contribution >= 0.6 is 11.6 Å². The van der Waals surface area contributed by atoms with Crippen LogP contribution in [0.1, 0.15) is 16.2 Å². The van der Waals surface area contributed by atoms with E-state index in [1.165, 1.54) is 24.3 Å². The van der Waals surface area contributed by atoms with E-state index >= 15 is 0 Å². The molecule has 1 aromatic carbocycles. The van der Waals surface area contributed by atoms with Crippen LogP contribution in [0.4, 0.5) is 4.39 Å². The first-order valence-electron chi connectivity index (χ1n) is 5.33. The SMILES string of the molecule is O=C(O)c1cccc(COc2ccc(F)c(Cl)c2)n1. The lowest BCUT2D eigenvalue weighted by Gasteiger charge is -2.06. The van der Waals surface area contributed by atoms with Crippen molar-refractivity contribution in [1.29, 1.82) is 0 Å². The van der Waals surface area contributed by atoms with Gasteiger partial charge in [0.2, 0.25) is 0 Å². The third-order valence-electron chi connectivity index (χ3n) is 2.30. The van der Waals surface area contributed by atoms with Gasteiger partial charge in [-0.1, -0.05) is 17.7 Å². The van der Waals surface area contributed by atoms with Gasteiger partial charge in [0.15, 0.2) is 0 Å². The molecule has 0 aliphatic carbocycles. The van der Waals surface area contributed by atoms with Crippen molar-refractivity contribution >= 4 is 17.6 Å². The van der Waals surface area contributed by atoms with Crippen molar-refractivity contribution in [3.63, 3.8) is 0 Å². The molecule has 1 N–H and O–H groups in total. The number of ether oxygens (including phenoxy) is 1. The second-order valence-electron chi connectivity index (χ2n) is 3.68. The maximum Gasteiger partial charge on any atom is 0.354 e. The van der Waals surface area contributed by atoms with Crippen molar-refractivity contribution in [2.45, 2.75) is 6.61 Å². The Labute approximate surface area is 113 Å². The Bertz CT molecular complexity index is 619. The van der Waals surface area contributed by atoms with Crippen molar-refractivity contribution in [3.05, 3.63) is 58.6 Å². The van der Waals surface area contributed by atoms with Crippen LogP contribution in [0.25, 0.3) is 0 Å². The first kappa shape index (κ1) is 13.3. The number of hydrogen-bond acceptors (Lipinski definition) is 3. The van der Waals surface area contributed by atoms with Gasteiger partial charge < -0.3 is 9.84 Å². The largest absolute Gasteiger partial charge is 0.487 e. The van der Waals surface area contributed by atoms with Gasteiger partial charge in [-0.05, 0) is 24.3 Å². The second-order valence-corrected chi connectivity index (χ2v) is 4.09. The number of carboxylic acid groups (broad SMARTS) is 1. The molecule has 0 saturated carbocycles. The second kappa shape index (κ2) is 5.67. The van der Waals surface area contributed by atoms with Gasteiger partial charge in [-0.3, -0.25) is 0 Å². The van der Waals surface area contributed by atoms with Crippen LogP contribution in [0.15, 0.2) is 36.4 Å². The minimum atomic E-state index is -1.10. The predicted octanol–water partition coefficient (Wildman–Crippen LogP) is 3.15. The van der Waals surface area contributed by atoms with E-state index in [-0.39, 0.29) is 17.3 Å². The van der Waals surface area contributed by atoms with Crippen molar-refractivity contribution in [2.24, 2.45) is 0 Å². The lowest BCUT2D eigenvalue weighted by molar-refractivity contribution is 0.0690. The first-order valence-corrected chi connectivity index (χ1v) is 5.71. The number of carbonyl (C=O) groups is 1. The highest BCUT2D eigenvalue weighted by atomic mass is 35.5. The van der Waals surface area contributed by atoms with Gasteiger partial charge in [-0.15, -0.1) is 0 Å². The summed E-state index contributed by atoms with van der Waals surface area (Å²) in [7, 11) is 0. The van der Waals surface area contributed by atoms with E-state index in [1.807, 2.05) is 0 Å². The molecule has 4 nitrogen and oxygen atoms in total. The standard InChI is InChI=1S/C13H9ClFNO3/c14-10-6-9(4-5-11(10)15)19-7-8-2-1-3-12(16-8)13(17)18/h1-6H,7H2,(H,17,18).